The van der Waals surface area contributed by atoms with Gasteiger partial charge in [0.05, 0.1) is 5.92 Å². The van der Waals surface area contributed by atoms with Gasteiger partial charge in [-0.05, 0) is 38.6 Å². The molecule has 0 radical (unpaired) electrons. The highest BCUT2D eigenvalue weighted by molar-refractivity contribution is 5.90. The predicted octanol–water partition coefficient (Wildman–Crippen LogP) is 0.551. The zero-order valence-electron chi connectivity index (χ0n) is 14.6. The molecule has 2 N–H and O–H groups in total. The minimum atomic E-state index is -0.497. The van der Waals surface area contributed by atoms with E-state index in [0.29, 0.717) is 19.5 Å². The summed E-state index contributed by atoms with van der Waals surface area (Å²) in [6.07, 6.45) is 1.47. The normalized spacial score (nSPS) is 24.9. The third-order valence-electron chi connectivity index (χ3n) is 5.29. The van der Waals surface area contributed by atoms with E-state index in [-0.39, 0.29) is 5.91 Å². The molecule has 25 heavy (non-hydrogen) atoms. The molecule has 1 aromatic carbocycles. The predicted molar refractivity (Wildman–Crippen MR) is 94.3 cm³/mol. The number of piperidine rings is 1. The van der Waals surface area contributed by atoms with Crippen molar-refractivity contribution >= 4 is 17.5 Å². The molecule has 0 spiro atoms. The first-order valence-electron chi connectivity index (χ1n) is 8.85. The molecule has 0 aliphatic carbocycles. The van der Waals surface area contributed by atoms with Crippen LogP contribution in [0.1, 0.15) is 12.8 Å². The first kappa shape index (κ1) is 17.7. The summed E-state index contributed by atoms with van der Waals surface area (Å²) in [7, 11) is 1.87. The number of amides is 2. The standard InChI is InChI=1S/C18H26N4O3/c1-20-9-5-8-15(17(23)19-25)16(20)18(24)22-12-10-21(11-13-22)14-6-3-2-4-7-14/h2-4,6-7,15-16,25H,5,8-13H2,1H3,(H,19,23). The number of para-hydroxylation sites is 1. The van der Waals surface area contributed by atoms with Gasteiger partial charge in [0.1, 0.15) is 6.04 Å². The Balaban J connectivity index is 1.65. The summed E-state index contributed by atoms with van der Waals surface area (Å²) in [5.74, 6) is -0.972. The minimum Gasteiger partial charge on any atom is -0.368 e. The number of carbonyl (C=O) groups excluding carboxylic acids is 2. The molecule has 0 aromatic heterocycles. The summed E-state index contributed by atoms with van der Waals surface area (Å²) in [5, 5.41) is 8.99. The zero-order valence-corrected chi connectivity index (χ0v) is 14.6. The van der Waals surface area contributed by atoms with Gasteiger partial charge in [0.25, 0.3) is 0 Å². The summed E-state index contributed by atoms with van der Waals surface area (Å²) in [6.45, 7) is 3.64. The van der Waals surface area contributed by atoms with Crippen molar-refractivity contribution in [1.29, 1.82) is 0 Å². The van der Waals surface area contributed by atoms with E-state index >= 15 is 0 Å². The van der Waals surface area contributed by atoms with E-state index in [4.69, 9.17) is 5.21 Å². The van der Waals surface area contributed by atoms with Crippen LogP contribution in [-0.4, -0.2) is 72.6 Å². The van der Waals surface area contributed by atoms with Crippen LogP contribution in [0.3, 0.4) is 0 Å². The number of likely N-dealkylation sites (N-methyl/N-ethyl adjacent to an activating group) is 1. The van der Waals surface area contributed by atoms with Crippen LogP contribution in [0, 0.1) is 5.92 Å². The van der Waals surface area contributed by atoms with Crippen molar-refractivity contribution < 1.29 is 14.8 Å². The van der Waals surface area contributed by atoms with Gasteiger partial charge in [-0.1, -0.05) is 18.2 Å². The lowest BCUT2D eigenvalue weighted by Gasteiger charge is -2.42. The fourth-order valence-electron chi connectivity index (χ4n) is 3.89. The van der Waals surface area contributed by atoms with E-state index < -0.39 is 17.9 Å². The van der Waals surface area contributed by atoms with Gasteiger partial charge in [-0.15, -0.1) is 0 Å². The molecule has 2 fully saturated rings. The smallest absolute Gasteiger partial charge is 0.248 e. The van der Waals surface area contributed by atoms with Gasteiger partial charge in [-0.2, -0.15) is 0 Å². The Morgan fingerprint density at radius 1 is 1.08 bits per heavy atom. The summed E-state index contributed by atoms with van der Waals surface area (Å²) < 4.78 is 0. The Morgan fingerprint density at radius 2 is 1.76 bits per heavy atom. The van der Waals surface area contributed by atoms with Gasteiger partial charge in [0.15, 0.2) is 0 Å². The number of hydrogen-bond acceptors (Lipinski definition) is 5. The number of carbonyl (C=O) groups is 2. The summed E-state index contributed by atoms with van der Waals surface area (Å²) in [6, 6.07) is 9.68. The number of nitrogens with one attached hydrogen (secondary N) is 1. The number of rotatable bonds is 3. The minimum absolute atomic E-state index is 0.0106. The molecule has 1 aromatic rings. The maximum Gasteiger partial charge on any atom is 0.248 e. The second kappa shape index (κ2) is 7.84. The van der Waals surface area contributed by atoms with Gasteiger partial charge in [-0.25, -0.2) is 5.48 Å². The third-order valence-corrected chi connectivity index (χ3v) is 5.29. The monoisotopic (exact) mass is 346 g/mol. The third kappa shape index (κ3) is 3.77. The molecule has 7 nitrogen and oxygen atoms in total. The van der Waals surface area contributed by atoms with E-state index in [1.54, 1.807) is 5.48 Å². The van der Waals surface area contributed by atoms with Crippen molar-refractivity contribution in [3.63, 3.8) is 0 Å². The lowest BCUT2D eigenvalue weighted by Crippen LogP contribution is -2.59. The fraction of sp³-hybridized carbons (Fsp3) is 0.556. The van der Waals surface area contributed by atoms with Crippen LogP contribution in [0.4, 0.5) is 5.69 Å². The topological polar surface area (TPSA) is 76.1 Å². The van der Waals surface area contributed by atoms with Crippen molar-refractivity contribution in [2.45, 2.75) is 18.9 Å². The van der Waals surface area contributed by atoms with Crippen LogP contribution >= 0.6 is 0 Å². The molecule has 2 saturated heterocycles. The molecule has 2 heterocycles. The second-order valence-corrected chi connectivity index (χ2v) is 6.80. The number of benzene rings is 1. The lowest BCUT2D eigenvalue weighted by molar-refractivity contribution is -0.148. The van der Waals surface area contributed by atoms with E-state index in [1.807, 2.05) is 35.0 Å². The number of piperazine rings is 1. The highest BCUT2D eigenvalue weighted by atomic mass is 16.5. The molecular formula is C18H26N4O3. The fourth-order valence-corrected chi connectivity index (χ4v) is 3.89. The summed E-state index contributed by atoms with van der Waals surface area (Å²) in [5.41, 5.74) is 2.90. The summed E-state index contributed by atoms with van der Waals surface area (Å²) >= 11 is 0. The highest BCUT2D eigenvalue weighted by Gasteiger charge is 2.41. The average molecular weight is 346 g/mol. The molecule has 0 saturated carbocycles. The maximum absolute atomic E-state index is 13.0. The average Bonchev–Trinajstić information content (AvgIpc) is 2.67. The van der Waals surface area contributed by atoms with E-state index in [1.165, 1.54) is 5.69 Å². The Hall–Kier alpha value is -2.12. The highest BCUT2D eigenvalue weighted by Crippen LogP contribution is 2.25. The van der Waals surface area contributed by atoms with Crippen molar-refractivity contribution in [3.05, 3.63) is 30.3 Å². The second-order valence-electron chi connectivity index (χ2n) is 6.80. The number of hydrogen-bond donors (Lipinski definition) is 2. The Kier molecular flexibility index (Phi) is 5.55. The van der Waals surface area contributed by atoms with Gasteiger partial charge < -0.3 is 9.80 Å². The molecule has 2 aliphatic heterocycles. The van der Waals surface area contributed by atoms with Gasteiger partial charge >= 0.3 is 0 Å². The van der Waals surface area contributed by atoms with Crippen molar-refractivity contribution in [1.82, 2.24) is 15.3 Å². The van der Waals surface area contributed by atoms with Crippen LogP contribution in [-0.2, 0) is 9.59 Å². The van der Waals surface area contributed by atoms with Crippen LogP contribution in [0.2, 0.25) is 0 Å². The first-order valence-corrected chi connectivity index (χ1v) is 8.85. The number of nitrogens with zero attached hydrogens (tertiary/aromatic N) is 3. The maximum atomic E-state index is 13.0. The lowest BCUT2D eigenvalue weighted by atomic mass is 9.87. The van der Waals surface area contributed by atoms with Crippen molar-refractivity contribution in [2.75, 3.05) is 44.7 Å². The van der Waals surface area contributed by atoms with E-state index in [0.717, 1.165) is 26.1 Å². The molecule has 2 atom stereocenters. The Bertz CT molecular complexity index is 602. The Morgan fingerprint density at radius 3 is 2.40 bits per heavy atom. The quantitative estimate of drug-likeness (QED) is 0.618. The van der Waals surface area contributed by atoms with Crippen molar-refractivity contribution in [3.8, 4) is 0 Å². The zero-order chi connectivity index (χ0) is 17.8. The molecular weight excluding hydrogens is 320 g/mol. The molecule has 0 bridgehead atoms. The Labute approximate surface area is 148 Å². The van der Waals surface area contributed by atoms with E-state index in [9.17, 15) is 9.59 Å². The first-order chi connectivity index (χ1) is 12.1. The van der Waals surface area contributed by atoms with Crippen molar-refractivity contribution in [2.24, 2.45) is 5.92 Å². The van der Waals surface area contributed by atoms with E-state index in [2.05, 4.69) is 17.0 Å². The largest absolute Gasteiger partial charge is 0.368 e. The molecule has 2 aliphatic rings. The van der Waals surface area contributed by atoms with Crippen LogP contribution in [0.25, 0.3) is 0 Å². The van der Waals surface area contributed by atoms with Gasteiger partial charge in [-0.3, -0.25) is 19.7 Å². The number of likely N-dealkylation sites (tertiary alicyclic amines) is 1. The summed E-state index contributed by atoms with van der Waals surface area (Å²) in [4.78, 5) is 31.1. The number of anilines is 1. The molecule has 7 heteroatoms. The van der Waals surface area contributed by atoms with Gasteiger partial charge in [0, 0.05) is 31.9 Å². The molecule has 2 unspecified atom stereocenters. The number of hydroxylamine groups is 1. The SMILES string of the molecule is CN1CCCC(C(=O)NO)C1C(=O)N1CCN(c2ccccc2)CC1. The molecule has 2 amide bonds. The molecule has 3 rings (SSSR count). The van der Waals surface area contributed by atoms with Gasteiger partial charge in [0.2, 0.25) is 11.8 Å². The van der Waals surface area contributed by atoms with Crippen LogP contribution in [0.15, 0.2) is 30.3 Å². The van der Waals surface area contributed by atoms with Crippen LogP contribution < -0.4 is 10.4 Å². The van der Waals surface area contributed by atoms with Crippen LogP contribution in [0.5, 0.6) is 0 Å². The molecule has 136 valence electrons.